The van der Waals surface area contributed by atoms with E-state index in [1.165, 1.54) is 0 Å². The van der Waals surface area contributed by atoms with Crippen molar-refractivity contribution in [2.24, 2.45) is 10.2 Å². The molecule has 0 aliphatic rings. The van der Waals surface area contributed by atoms with Crippen LogP contribution in [0.5, 0.6) is 0 Å². The number of anilines is 2. The van der Waals surface area contributed by atoms with Gasteiger partial charge in [0, 0.05) is 18.4 Å². The molecule has 4 nitrogen and oxygen atoms in total. The SMILES string of the molecule is CN\C=C/C=C(C)/N=N\c1ccc(Nc2ccccc2)cc1. The highest BCUT2D eigenvalue weighted by molar-refractivity contribution is 5.61. The fourth-order valence-corrected chi connectivity index (χ4v) is 1.75. The second kappa shape index (κ2) is 8.42. The Kier molecular flexibility index (Phi) is 5.93. The monoisotopic (exact) mass is 292 g/mol. The molecule has 2 aromatic rings. The van der Waals surface area contributed by atoms with Crippen molar-refractivity contribution < 1.29 is 0 Å². The first-order valence-electron chi connectivity index (χ1n) is 7.12. The summed E-state index contributed by atoms with van der Waals surface area (Å²) >= 11 is 0. The molecule has 2 aromatic carbocycles. The van der Waals surface area contributed by atoms with Gasteiger partial charge >= 0.3 is 0 Å². The topological polar surface area (TPSA) is 48.8 Å². The Morgan fingerprint density at radius 3 is 2.32 bits per heavy atom. The van der Waals surface area contributed by atoms with Gasteiger partial charge in [0.1, 0.15) is 0 Å². The summed E-state index contributed by atoms with van der Waals surface area (Å²) in [6, 6.07) is 17.9. The number of allylic oxidation sites excluding steroid dienone is 3. The van der Waals surface area contributed by atoms with Crippen molar-refractivity contribution in [2.45, 2.75) is 6.92 Å². The Labute approximate surface area is 131 Å². The highest BCUT2D eigenvalue weighted by atomic mass is 15.1. The summed E-state index contributed by atoms with van der Waals surface area (Å²) in [5, 5.41) is 14.6. The lowest BCUT2D eigenvalue weighted by Gasteiger charge is -2.05. The standard InChI is InChI=1S/C18H20N4/c1-15(7-6-14-19-2)21-22-18-12-10-17(11-13-18)20-16-8-4-3-5-9-16/h3-14,19-20H,1-2H3/b14-6-,15-7+,22-21-. The van der Waals surface area contributed by atoms with Crippen LogP contribution in [0.1, 0.15) is 6.92 Å². The van der Waals surface area contributed by atoms with Crippen LogP contribution >= 0.6 is 0 Å². The van der Waals surface area contributed by atoms with Gasteiger partial charge in [-0.25, -0.2) is 0 Å². The molecule has 2 rings (SSSR count). The highest BCUT2D eigenvalue weighted by Gasteiger charge is 1.94. The number of hydrogen-bond donors (Lipinski definition) is 2. The number of para-hydroxylation sites is 1. The fraction of sp³-hybridized carbons (Fsp3) is 0.111. The summed E-state index contributed by atoms with van der Waals surface area (Å²) in [4.78, 5) is 0. The maximum atomic E-state index is 4.21. The van der Waals surface area contributed by atoms with E-state index >= 15 is 0 Å². The Balaban J connectivity index is 1.97. The van der Waals surface area contributed by atoms with Crippen molar-refractivity contribution in [2.75, 3.05) is 12.4 Å². The summed E-state index contributed by atoms with van der Waals surface area (Å²) < 4.78 is 0. The Bertz CT molecular complexity index is 655. The van der Waals surface area contributed by atoms with Crippen molar-refractivity contribution in [3.63, 3.8) is 0 Å². The van der Waals surface area contributed by atoms with E-state index in [0.717, 1.165) is 22.8 Å². The largest absolute Gasteiger partial charge is 0.394 e. The zero-order valence-electron chi connectivity index (χ0n) is 12.8. The van der Waals surface area contributed by atoms with E-state index in [9.17, 15) is 0 Å². The van der Waals surface area contributed by atoms with Crippen LogP contribution in [0.4, 0.5) is 17.1 Å². The molecule has 22 heavy (non-hydrogen) atoms. The van der Waals surface area contributed by atoms with Crippen LogP contribution in [0.25, 0.3) is 0 Å². The van der Waals surface area contributed by atoms with Gasteiger partial charge in [-0.2, -0.15) is 10.2 Å². The van der Waals surface area contributed by atoms with E-state index in [-0.39, 0.29) is 0 Å². The summed E-state index contributed by atoms with van der Waals surface area (Å²) in [6.07, 6.45) is 5.62. The third kappa shape index (κ3) is 5.25. The van der Waals surface area contributed by atoms with Gasteiger partial charge in [0.05, 0.1) is 11.4 Å². The average Bonchev–Trinajstić information content (AvgIpc) is 2.55. The molecule has 0 aliphatic carbocycles. The molecule has 2 N–H and O–H groups in total. The summed E-state index contributed by atoms with van der Waals surface area (Å²) in [5.74, 6) is 0. The maximum absolute atomic E-state index is 4.21. The Hall–Kier alpha value is -2.88. The first-order chi connectivity index (χ1) is 10.8. The van der Waals surface area contributed by atoms with Crippen molar-refractivity contribution in [1.29, 1.82) is 0 Å². The Morgan fingerprint density at radius 2 is 1.64 bits per heavy atom. The van der Waals surface area contributed by atoms with E-state index in [2.05, 4.69) is 20.9 Å². The van der Waals surface area contributed by atoms with Crippen LogP contribution in [-0.2, 0) is 0 Å². The lowest BCUT2D eigenvalue weighted by molar-refractivity contribution is 1.10. The minimum absolute atomic E-state index is 0.823. The second-order valence-corrected chi connectivity index (χ2v) is 4.69. The molecule has 0 radical (unpaired) electrons. The zero-order valence-corrected chi connectivity index (χ0v) is 12.8. The van der Waals surface area contributed by atoms with Crippen molar-refractivity contribution >= 4 is 17.1 Å². The molecule has 0 saturated carbocycles. The van der Waals surface area contributed by atoms with Crippen molar-refractivity contribution in [3.05, 3.63) is 78.6 Å². The van der Waals surface area contributed by atoms with Crippen LogP contribution in [0.2, 0.25) is 0 Å². The molecule has 0 aliphatic heterocycles. The van der Waals surface area contributed by atoms with Gasteiger partial charge in [-0.1, -0.05) is 18.2 Å². The molecule has 0 bridgehead atoms. The normalized spacial score (nSPS) is 12.0. The lowest BCUT2D eigenvalue weighted by atomic mass is 10.2. The third-order valence-corrected chi connectivity index (χ3v) is 2.85. The van der Waals surface area contributed by atoms with Gasteiger partial charge in [-0.05, 0) is 61.7 Å². The number of rotatable bonds is 6. The first-order valence-corrected chi connectivity index (χ1v) is 7.12. The fourth-order valence-electron chi connectivity index (χ4n) is 1.75. The number of nitrogens with zero attached hydrogens (tertiary/aromatic N) is 2. The van der Waals surface area contributed by atoms with Gasteiger partial charge in [0.15, 0.2) is 0 Å². The number of nitrogens with one attached hydrogen (secondary N) is 2. The molecule has 0 atom stereocenters. The van der Waals surface area contributed by atoms with Crippen LogP contribution in [0.15, 0.2) is 88.9 Å². The summed E-state index contributed by atoms with van der Waals surface area (Å²) in [7, 11) is 1.85. The third-order valence-electron chi connectivity index (χ3n) is 2.85. The van der Waals surface area contributed by atoms with E-state index in [1.54, 1.807) is 0 Å². The van der Waals surface area contributed by atoms with Crippen molar-refractivity contribution in [1.82, 2.24) is 5.32 Å². The van der Waals surface area contributed by atoms with Gasteiger partial charge in [-0.15, -0.1) is 0 Å². The molecule has 0 spiro atoms. The zero-order chi connectivity index (χ0) is 15.6. The molecule has 0 amide bonds. The van der Waals surface area contributed by atoms with Crippen LogP contribution in [0.3, 0.4) is 0 Å². The van der Waals surface area contributed by atoms with E-state index < -0.39 is 0 Å². The number of hydrogen-bond acceptors (Lipinski definition) is 4. The second-order valence-electron chi connectivity index (χ2n) is 4.69. The molecule has 4 heteroatoms. The predicted octanol–water partition coefficient (Wildman–Crippen LogP) is 5.15. The molecule has 0 heterocycles. The molecule has 0 fully saturated rings. The predicted molar refractivity (Wildman–Crippen MR) is 92.6 cm³/mol. The average molecular weight is 292 g/mol. The van der Waals surface area contributed by atoms with Gasteiger partial charge in [-0.3, -0.25) is 0 Å². The smallest absolute Gasteiger partial charge is 0.0858 e. The maximum Gasteiger partial charge on any atom is 0.0858 e. The molecular weight excluding hydrogens is 272 g/mol. The van der Waals surface area contributed by atoms with Gasteiger partial charge in [0.25, 0.3) is 0 Å². The minimum atomic E-state index is 0.823. The van der Waals surface area contributed by atoms with Crippen molar-refractivity contribution in [3.8, 4) is 0 Å². The molecule has 0 unspecified atom stereocenters. The van der Waals surface area contributed by atoms with E-state index in [0.29, 0.717) is 0 Å². The van der Waals surface area contributed by atoms with E-state index in [1.807, 2.05) is 86.9 Å². The minimum Gasteiger partial charge on any atom is -0.394 e. The summed E-state index contributed by atoms with van der Waals surface area (Å²) in [6.45, 7) is 1.91. The summed E-state index contributed by atoms with van der Waals surface area (Å²) in [5.41, 5.74) is 3.75. The molecular formula is C18H20N4. The molecule has 112 valence electrons. The number of azo groups is 1. The number of benzene rings is 2. The van der Waals surface area contributed by atoms with Gasteiger partial charge < -0.3 is 10.6 Å². The van der Waals surface area contributed by atoms with Gasteiger partial charge in [0.2, 0.25) is 0 Å². The van der Waals surface area contributed by atoms with Crippen LogP contribution in [0, 0.1) is 0 Å². The van der Waals surface area contributed by atoms with Crippen LogP contribution in [-0.4, -0.2) is 7.05 Å². The Morgan fingerprint density at radius 1 is 0.955 bits per heavy atom. The first kappa shape index (κ1) is 15.5. The molecule has 0 aromatic heterocycles. The highest BCUT2D eigenvalue weighted by Crippen LogP contribution is 2.20. The lowest BCUT2D eigenvalue weighted by Crippen LogP contribution is -1.89. The quantitative estimate of drug-likeness (QED) is 0.571. The van der Waals surface area contributed by atoms with E-state index in [4.69, 9.17) is 0 Å². The molecule has 0 saturated heterocycles. The van der Waals surface area contributed by atoms with Crippen LogP contribution < -0.4 is 10.6 Å².